The molecule has 146 valence electrons. The van der Waals surface area contributed by atoms with Crippen molar-refractivity contribution in [2.45, 2.75) is 19.3 Å². The fraction of sp³-hybridized carbons (Fsp3) is 0.130. The van der Waals surface area contributed by atoms with Gasteiger partial charge >= 0.3 is 5.97 Å². The predicted octanol–water partition coefficient (Wildman–Crippen LogP) is 6.47. The smallest absolute Gasteiger partial charge is 0.311 e. The summed E-state index contributed by atoms with van der Waals surface area (Å²) in [6, 6.07) is 18.8. The molecular weight excluding hydrogens is 407 g/mol. The third-order valence-corrected chi connectivity index (χ3v) is 5.19. The normalized spacial score (nSPS) is 11.0. The summed E-state index contributed by atoms with van der Waals surface area (Å²) in [6.45, 7) is 0. The zero-order chi connectivity index (χ0) is 20.2. The lowest BCUT2D eigenvalue weighted by Crippen LogP contribution is -2.08. The second-order valence-electron chi connectivity index (χ2n) is 6.64. The number of aryl methyl sites for hydroxylation is 1. The van der Waals surface area contributed by atoms with Gasteiger partial charge in [-0.25, -0.2) is 0 Å². The number of benzene rings is 2. The highest BCUT2D eigenvalue weighted by Gasteiger charge is 2.15. The lowest BCUT2D eigenvalue weighted by Gasteiger charge is -2.07. The highest BCUT2D eigenvalue weighted by molar-refractivity contribution is 6.35. The van der Waals surface area contributed by atoms with Crippen LogP contribution in [0.25, 0.3) is 22.3 Å². The van der Waals surface area contributed by atoms with E-state index in [1.54, 1.807) is 24.4 Å². The number of rotatable bonds is 6. The van der Waals surface area contributed by atoms with Gasteiger partial charge in [0.25, 0.3) is 0 Å². The van der Waals surface area contributed by atoms with E-state index in [2.05, 4.69) is 16.0 Å². The number of aromatic nitrogens is 2. The van der Waals surface area contributed by atoms with Crippen LogP contribution < -0.4 is 4.74 Å². The Balaban J connectivity index is 1.49. The van der Waals surface area contributed by atoms with Crippen LogP contribution in [-0.2, 0) is 11.2 Å². The molecule has 4 nitrogen and oxygen atoms in total. The number of ether oxygens (including phenoxy) is 1. The summed E-state index contributed by atoms with van der Waals surface area (Å²) in [6.07, 6.45) is 3.42. The number of pyridine rings is 1. The molecule has 0 aliphatic rings. The highest BCUT2D eigenvalue weighted by atomic mass is 35.5. The Labute approximate surface area is 178 Å². The van der Waals surface area contributed by atoms with Crippen molar-refractivity contribution in [3.05, 3.63) is 82.5 Å². The second kappa shape index (κ2) is 8.68. The molecule has 4 rings (SSSR count). The maximum Gasteiger partial charge on any atom is 0.311 e. The molecule has 2 aromatic heterocycles. The summed E-state index contributed by atoms with van der Waals surface area (Å²) < 4.78 is 5.37. The molecule has 1 N–H and O–H groups in total. The first-order valence-electron chi connectivity index (χ1n) is 9.28. The van der Waals surface area contributed by atoms with Gasteiger partial charge in [-0.2, -0.15) is 0 Å². The van der Waals surface area contributed by atoms with E-state index in [0.717, 1.165) is 34.3 Å². The Morgan fingerprint density at radius 3 is 2.66 bits per heavy atom. The minimum absolute atomic E-state index is 0.278. The van der Waals surface area contributed by atoms with Gasteiger partial charge in [0, 0.05) is 28.5 Å². The Hall–Kier alpha value is -2.82. The molecule has 0 saturated heterocycles. The van der Waals surface area contributed by atoms with E-state index in [1.165, 1.54) is 0 Å². The Morgan fingerprint density at radius 1 is 1.03 bits per heavy atom. The molecule has 0 amide bonds. The number of para-hydroxylation sites is 1. The monoisotopic (exact) mass is 424 g/mol. The third-order valence-electron chi connectivity index (χ3n) is 4.66. The van der Waals surface area contributed by atoms with Crippen LogP contribution in [0.4, 0.5) is 0 Å². The first kappa shape index (κ1) is 19.5. The van der Waals surface area contributed by atoms with E-state index in [9.17, 15) is 4.79 Å². The molecule has 0 unspecified atom stereocenters. The van der Waals surface area contributed by atoms with Crippen molar-refractivity contribution >= 4 is 40.1 Å². The van der Waals surface area contributed by atoms with Gasteiger partial charge in [0.2, 0.25) is 0 Å². The zero-order valence-corrected chi connectivity index (χ0v) is 17.0. The molecule has 2 heterocycles. The van der Waals surface area contributed by atoms with Gasteiger partial charge in [0.15, 0.2) is 0 Å². The third kappa shape index (κ3) is 4.44. The number of fused-ring (bicyclic) bond motifs is 1. The predicted molar refractivity (Wildman–Crippen MR) is 117 cm³/mol. The average molecular weight is 425 g/mol. The summed E-state index contributed by atoms with van der Waals surface area (Å²) in [5, 5.41) is 1.96. The van der Waals surface area contributed by atoms with Crippen molar-refractivity contribution in [1.29, 1.82) is 0 Å². The number of aromatic amines is 1. The van der Waals surface area contributed by atoms with Crippen LogP contribution in [0.1, 0.15) is 18.4 Å². The summed E-state index contributed by atoms with van der Waals surface area (Å²) in [7, 11) is 0. The molecule has 29 heavy (non-hydrogen) atoms. The molecule has 0 radical (unpaired) electrons. The summed E-state index contributed by atoms with van der Waals surface area (Å²) in [5.74, 6) is -0.00390. The van der Waals surface area contributed by atoms with E-state index >= 15 is 0 Å². The van der Waals surface area contributed by atoms with Crippen LogP contribution in [0.2, 0.25) is 10.0 Å². The van der Waals surface area contributed by atoms with Crippen LogP contribution in [0.15, 0.2) is 66.9 Å². The molecule has 0 aliphatic heterocycles. The number of H-pyrrole nitrogens is 1. The number of hydrogen-bond acceptors (Lipinski definition) is 3. The molecule has 0 fully saturated rings. The summed E-state index contributed by atoms with van der Waals surface area (Å²) in [4.78, 5) is 20.2. The van der Waals surface area contributed by atoms with Crippen LogP contribution in [0.5, 0.6) is 5.75 Å². The molecule has 6 heteroatoms. The van der Waals surface area contributed by atoms with E-state index in [1.807, 2.05) is 36.4 Å². The molecular formula is C23H18Cl2N2O2. The van der Waals surface area contributed by atoms with Crippen LogP contribution >= 0.6 is 23.2 Å². The molecule has 2 aromatic carbocycles. The molecule has 0 saturated carbocycles. The van der Waals surface area contributed by atoms with Gasteiger partial charge in [-0.3, -0.25) is 9.78 Å². The summed E-state index contributed by atoms with van der Waals surface area (Å²) in [5.41, 5.74) is 4.07. The van der Waals surface area contributed by atoms with E-state index in [-0.39, 0.29) is 12.4 Å². The number of carbonyl (C=O) groups excluding carboxylic acids is 1. The molecule has 0 atom stereocenters. The SMILES string of the molecule is O=C(CCCc1c(-c2ccccn2)[nH]c2ccccc12)Oc1ccc(Cl)cc1Cl. The van der Waals surface area contributed by atoms with Crippen molar-refractivity contribution in [3.63, 3.8) is 0 Å². The van der Waals surface area contributed by atoms with Crippen molar-refractivity contribution in [1.82, 2.24) is 9.97 Å². The molecule has 0 spiro atoms. The average Bonchev–Trinajstić information content (AvgIpc) is 3.10. The molecule has 0 aliphatic carbocycles. The van der Waals surface area contributed by atoms with Gasteiger partial charge in [-0.1, -0.05) is 47.5 Å². The molecule has 0 bridgehead atoms. The maximum absolute atomic E-state index is 12.3. The summed E-state index contributed by atoms with van der Waals surface area (Å²) >= 11 is 11.9. The fourth-order valence-corrected chi connectivity index (χ4v) is 3.78. The first-order chi connectivity index (χ1) is 14.1. The number of carbonyl (C=O) groups is 1. The Kier molecular flexibility index (Phi) is 5.84. The first-order valence-corrected chi connectivity index (χ1v) is 10.0. The fourth-order valence-electron chi connectivity index (χ4n) is 3.33. The Bertz CT molecular complexity index is 1160. The largest absolute Gasteiger partial charge is 0.425 e. The Morgan fingerprint density at radius 2 is 1.86 bits per heavy atom. The van der Waals surface area contributed by atoms with Gasteiger partial charge in [-0.05, 0) is 54.8 Å². The van der Waals surface area contributed by atoms with Crippen LogP contribution in [0.3, 0.4) is 0 Å². The maximum atomic E-state index is 12.3. The second-order valence-corrected chi connectivity index (χ2v) is 7.49. The molecule has 4 aromatic rings. The number of halogens is 2. The number of esters is 1. The van der Waals surface area contributed by atoms with Gasteiger partial charge < -0.3 is 9.72 Å². The van der Waals surface area contributed by atoms with Crippen LogP contribution in [-0.4, -0.2) is 15.9 Å². The van der Waals surface area contributed by atoms with E-state index in [4.69, 9.17) is 27.9 Å². The highest BCUT2D eigenvalue weighted by Crippen LogP contribution is 2.31. The quantitative estimate of drug-likeness (QED) is 0.285. The minimum Gasteiger partial charge on any atom is -0.425 e. The van der Waals surface area contributed by atoms with Crippen LogP contribution in [0, 0.1) is 0 Å². The van der Waals surface area contributed by atoms with Crippen molar-refractivity contribution in [2.75, 3.05) is 0 Å². The van der Waals surface area contributed by atoms with E-state index < -0.39 is 0 Å². The lowest BCUT2D eigenvalue weighted by atomic mass is 10.0. The van der Waals surface area contributed by atoms with Gasteiger partial charge in [0.1, 0.15) is 5.75 Å². The minimum atomic E-state index is -0.326. The standard InChI is InChI=1S/C23H18Cl2N2O2/c24-15-11-12-21(18(25)14-15)29-22(28)10-5-7-17-16-6-1-2-8-19(16)27-23(17)20-9-3-4-13-26-20/h1-4,6,8-9,11-14,27H,5,7,10H2. The van der Waals surface area contributed by atoms with Crippen molar-refractivity contribution in [2.24, 2.45) is 0 Å². The topological polar surface area (TPSA) is 55.0 Å². The number of hydrogen-bond donors (Lipinski definition) is 1. The van der Waals surface area contributed by atoms with Gasteiger partial charge in [0.05, 0.1) is 16.4 Å². The number of nitrogens with one attached hydrogen (secondary N) is 1. The van der Waals surface area contributed by atoms with Crippen molar-refractivity contribution in [3.8, 4) is 17.1 Å². The zero-order valence-electron chi connectivity index (χ0n) is 15.5. The lowest BCUT2D eigenvalue weighted by molar-refractivity contribution is -0.134. The van der Waals surface area contributed by atoms with E-state index in [0.29, 0.717) is 22.2 Å². The number of nitrogens with zero attached hydrogens (tertiary/aromatic N) is 1. The van der Waals surface area contributed by atoms with Gasteiger partial charge in [-0.15, -0.1) is 0 Å². The van der Waals surface area contributed by atoms with Crippen molar-refractivity contribution < 1.29 is 9.53 Å².